The van der Waals surface area contributed by atoms with Crippen molar-refractivity contribution in [3.05, 3.63) is 205 Å². The first-order valence-electron chi connectivity index (χ1n) is 23.2. The lowest BCUT2D eigenvalue weighted by Gasteiger charge is -2.26. The highest BCUT2D eigenvalue weighted by Gasteiger charge is 2.29. The van der Waals surface area contributed by atoms with Crippen LogP contribution in [0.25, 0.3) is 76.2 Å². The van der Waals surface area contributed by atoms with Crippen molar-refractivity contribution < 1.29 is 17.4 Å². The van der Waals surface area contributed by atoms with E-state index in [1.165, 1.54) is 5.56 Å². The normalized spacial score (nSPS) is 11.7. The third kappa shape index (κ3) is 7.89. The van der Waals surface area contributed by atoms with E-state index in [4.69, 9.17) is 17.4 Å². The van der Waals surface area contributed by atoms with E-state index in [0.29, 0.717) is 0 Å². The molecule has 0 aliphatic rings. The average molecular weight is 897 g/mol. The molecule has 10 aromatic carbocycles. The summed E-state index contributed by atoms with van der Waals surface area (Å²) in [7, 11) is -3.33. The van der Waals surface area contributed by atoms with Crippen molar-refractivity contribution in [3.63, 3.8) is 0 Å². The summed E-state index contributed by atoms with van der Waals surface area (Å²) in [6, 6.07) is 69.1. The Kier molecular flexibility index (Phi) is 11.8. The average Bonchev–Trinajstić information content (AvgIpc) is 3.54. The van der Waals surface area contributed by atoms with Gasteiger partial charge in [-0.25, -0.2) is 0 Å². The highest BCUT2D eigenvalue weighted by Crippen LogP contribution is 2.54. The van der Waals surface area contributed by atoms with Gasteiger partial charge in [-0.3, -0.25) is 0 Å². The third-order valence-corrected chi connectivity index (χ3v) is 15.6. The van der Waals surface area contributed by atoms with Crippen LogP contribution in [0.1, 0.15) is 50.7 Å². The van der Waals surface area contributed by atoms with Crippen molar-refractivity contribution >= 4 is 92.0 Å². The number of aryl methyl sites for hydroxylation is 2. The molecule has 11 rings (SSSR count). The van der Waals surface area contributed by atoms with Crippen LogP contribution in [0.5, 0.6) is 11.5 Å². The Labute approximate surface area is 387 Å². The van der Waals surface area contributed by atoms with E-state index in [2.05, 4.69) is 208 Å². The summed E-state index contributed by atoms with van der Waals surface area (Å²) in [6.45, 7) is 4.51. The first kappa shape index (κ1) is 41.8. The molecule has 1 aromatic heterocycles. The highest BCUT2D eigenvalue weighted by atomic mass is 31.1. The number of hydrogen-bond acceptors (Lipinski definition) is 4. The Morgan fingerprint density at radius 1 is 0.424 bits per heavy atom. The first-order valence-corrected chi connectivity index (χ1v) is 25.6. The predicted molar refractivity (Wildman–Crippen MR) is 281 cm³/mol. The molecular weight excluding hydrogens is 847 g/mol. The Morgan fingerprint density at radius 3 is 1.32 bits per heavy atom. The van der Waals surface area contributed by atoms with Crippen LogP contribution >= 0.6 is 16.4 Å². The number of fused-ring (bicyclic) bond motifs is 9. The van der Waals surface area contributed by atoms with Gasteiger partial charge in [-0.15, -0.1) is 0 Å². The maximum Gasteiger partial charge on any atom is 0.453 e. The van der Waals surface area contributed by atoms with Gasteiger partial charge in [-0.2, -0.15) is 0 Å². The van der Waals surface area contributed by atoms with Crippen molar-refractivity contribution in [2.75, 3.05) is 0 Å². The van der Waals surface area contributed by atoms with Crippen LogP contribution in [-0.4, -0.2) is 0 Å². The van der Waals surface area contributed by atoms with Crippen molar-refractivity contribution in [1.29, 1.82) is 0 Å². The molecule has 66 heavy (non-hydrogen) atoms. The van der Waals surface area contributed by atoms with Crippen molar-refractivity contribution in [1.82, 2.24) is 0 Å². The molecule has 0 aliphatic heterocycles. The zero-order valence-electron chi connectivity index (χ0n) is 37.2. The van der Waals surface area contributed by atoms with E-state index in [1.807, 2.05) is 0 Å². The molecule has 11 aromatic rings. The van der Waals surface area contributed by atoms with E-state index < -0.39 is 16.4 Å². The number of unbranched alkanes of at least 4 members (excludes halogenated alkanes) is 2. The van der Waals surface area contributed by atoms with E-state index in [1.54, 1.807) is 0 Å². The standard InChI is InChI=1S/C60H50O4P2/c1-3-5-21-45-39-43-25-15-19-33-51(43)57(59(45)63-65(47-27-9-7-10-28-47)48-29-11-8-12-30-48)58-52-34-20-16-26-44(52)40-46(22-6-4-2)60(58)64-66-61-53-37-35-41-23-13-17-31-49(41)55(53)56-50-32-18-14-24-42(50)36-38-54(56)62-66/h7-20,23-40H,3-6,21-22H2,1-2H3. The van der Waals surface area contributed by atoms with E-state index in [9.17, 15) is 0 Å². The fourth-order valence-electron chi connectivity index (χ4n) is 9.52. The Balaban J connectivity index is 1.24. The van der Waals surface area contributed by atoms with Crippen LogP contribution in [0.15, 0.2) is 203 Å². The minimum atomic E-state index is -2.05. The van der Waals surface area contributed by atoms with E-state index >= 15 is 0 Å². The predicted octanol–water partition coefficient (Wildman–Crippen LogP) is 17.5. The Hall–Kier alpha value is -6.83. The van der Waals surface area contributed by atoms with Gasteiger partial charge in [0.1, 0.15) is 22.7 Å². The molecule has 0 spiro atoms. The Bertz CT molecular complexity index is 3450. The molecule has 0 unspecified atom stereocenters. The SMILES string of the molecule is CCCCc1cc2ccccc2c(-c2c(Op3oc4ccc5ccccc5c4c4c(ccc5ccccc54)o3)c(CCCC)cc3ccccc23)c1OP(c1ccccc1)c1ccccc1. The lowest BCUT2D eigenvalue weighted by molar-refractivity contribution is 0.495. The molecule has 0 bridgehead atoms. The number of hydrogen-bond donors (Lipinski definition) is 0. The van der Waals surface area contributed by atoms with E-state index in [-0.39, 0.29) is 0 Å². The molecule has 0 radical (unpaired) electrons. The third-order valence-electron chi connectivity index (χ3n) is 12.7. The van der Waals surface area contributed by atoms with Gasteiger partial charge in [-0.05, 0) is 104 Å². The largest absolute Gasteiger partial charge is 0.464 e. The lowest BCUT2D eigenvalue weighted by Crippen LogP contribution is -2.16. The summed E-state index contributed by atoms with van der Waals surface area (Å²) in [5.74, 6) is 1.67. The minimum absolute atomic E-state index is 0.736. The maximum atomic E-state index is 7.77. The van der Waals surface area contributed by atoms with Gasteiger partial charge >= 0.3 is 8.24 Å². The Morgan fingerprint density at radius 2 is 0.833 bits per heavy atom. The van der Waals surface area contributed by atoms with Gasteiger partial charge in [0.25, 0.3) is 0 Å². The molecule has 0 N–H and O–H groups in total. The molecule has 4 nitrogen and oxygen atoms in total. The van der Waals surface area contributed by atoms with Crippen LogP contribution in [-0.2, 0) is 12.8 Å². The lowest BCUT2D eigenvalue weighted by atomic mass is 9.87. The van der Waals surface area contributed by atoms with Crippen molar-refractivity contribution in [2.45, 2.75) is 52.4 Å². The molecular formula is C60H50O4P2. The second kappa shape index (κ2) is 18.6. The monoisotopic (exact) mass is 896 g/mol. The molecule has 0 atom stereocenters. The molecule has 324 valence electrons. The smallest absolute Gasteiger partial charge is 0.453 e. The van der Waals surface area contributed by atoms with Crippen LogP contribution < -0.4 is 19.7 Å². The molecule has 0 amide bonds. The number of rotatable bonds is 13. The molecule has 6 heteroatoms. The van der Waals surface area contributed by atoms with Crippen LogP contribution in [0, 0.1) is 0 Å². The van der Waals surface area contributed by atoms with Gasteiger partial charge in [-0.1, -0.05) is 197 Å². The number of benzene rings is 10. The van der Waals surface area contributed by atoms with Gasteiger partial charge in [0.15, 0.2) is 8.15 Å². The summed E-state index contributed by atoms with van der Waals surface area (Å²) in [4.78, 5) is 0. The fourth-order valence-corrected chi connectivity index (χ4v) is 12.4. The zero-order chi connectivity index (χ0) is 44.4. The second-order valence-electron chi connectivity index (χ2n) is 17.0. The van der Waals surface area contributed by atoms with Crippen LogP contribution in [0.4, 0.5) is 0 Å². The molecule has 0 aliphatic carbocycles. The van der Waals surface area contributed by atoms with E-state index in [0.717, 1.165) is 142 Å². The zero-order valence-corrected chi connectivity index (χ0v) is 39.0. The van der Waals surface area contributed by atoms with Crippen molar-refractivity contribution in [2.24, 2.45) is 0 Å². The second-order valence-corrected chi connectivity index (χ2v) is 19.8. The van der Waals surface area contributed by atoms with Crippen LogP contribution in [0.2, 0.25) is 0 Å². The van der Waals surface area contributed by atoms with Crippen LogP contribution in [0.3, 0.4) is 0 Å². The summed E-state index contributed by atoms with van der Waals surface area (Å²) < 4.78 is 29.6. The molecule has 1 heterocycles. The topological polar surface area (TPSA) is 44.7 Å². The quantitative estimate of drug-likeness (QED) is 0.108. The summed E-state index contributed by atoms with van der Waals surface area (Å²) in [5.41, 5.74) is 5.80. The fraction of sp³-hybridized carbons (Fsp3) is 0.133. The summed E-state index contributed by atoms with van der Waals surface area (Å²) >= 11 is 0. The van der Waals surface area contributed by atoms with Gasteiger partial charge in [0, 0.05) is 32.5 Å². The van der Waals surface area contributed by atoms with Gasteiger partial charge < -0.3 is 17.4 Å². The molecule has 0 saturated heterocycles. The van der Waals surface area contributed by atoms with Gasteiger partial charge in [0.2, 0.25) is 0 Å². The molecule has 0 saturated carbocycles. The maximum absolute atomic E-state index is 7.77. The highest BCUT2D eigenvalue weighted by molar-refractivity contribution is 7.68. The van der Waals surface area contributed by atoms with Crippen molar-refractivity contribution in [3.8, 4) is 22.6 Å². The molecule has 0 fully saturated rings. The summed E-state index contributed by atoms with van der Waals surface area (Å²) in [6.07, 6.45) is 5.80. The van der Waals surface area contributed by atoms with Gasteiger partial charge in [0.05, 0.1) is 0 Å². The summed E-state index contributed by atoms with van der Waals surface area (Å²) in [5, 5.41) is 13.3. The minimum Gasteiger partial charge on any atom is -0.464 e. The first-order chi connectivity index (χ1) is 32.7.